The Hall–Kier alpha value is -2.44. The van der Waals surface area contributed by atoms with Gasteiger partial charge in [-0.1, -0.05) is 13.0 Å². The standard InChI is InChI=1S/C18H24N2O5/c1-11(17(21)22)10-20(2)18(23)19-16(12-3-4-12)13-5-6-14-15(9-13)25-8-7-24-14/h5-6,9,11-12,16H,3-4,7-8,10H2,1-2H3,(H,19,23)(H,21,22). The first kappa shape index (κ1) is 17.4. The molecule has 136 valence electrons. The number of carbonyl (C=O) groups excluding carboxylic acids is 1. The Balaban J connectivity index is 1.69. The molecular formula is C18H24N2O5. The van der Waals surface area contributed by atoms with E-state index in [-0.39, 0.29) is 18.6 Å². The number of nitrogens with zero attached hydrogens (tertiary/aromatic N) is 1. The molecule has 1 saturated carbocycles. The maximum atomic E-state index is 12.5. The SMILES string of the molecule is CC(CN(C)C(=O)NC(c1ccc2c(c1)OCCO2)C1CC1)C(=O)O. The number of aliphatic carboxylic acids is 1. The normalized spacial score (nSPS) is 18.2. The summed E-state index contributed by atoms with van der Waals surface area (Å²) < 4.78 is 11.2. The van der Waals surface area contributed by atoms with E-state index in [1.165, 1.54) is 4.90 Å². The third kappa shape index (κ3) is 4.15. The van der Waals surface area contributed by atoms with Gasteiger partial charge >= 0.3 is 12.0 Å². The van der Waals surface area contributed by atoms with Gasteiger partial charge < -0.3 is 24.8 Å². The molecule has 2 N–H and O–H groups in total. The van der Waals surface area contributed by atoms with Crippen LogP contribution in [0.3, 0.4) is 0 Å². The quantitative estimate of drug-likeness (QED) is 0.823. The fourth-order valence-electron chi connectivity index (χ4n) is 2.97. The van der Waals surface area contributed by atoms with Crippen molar-refractivity contribution in [2.24, 2.45) is 11.8 Å². The van der Waals surface area contributed by atoms with Crippen LogP contribution >= 0.6 is 0 Å². The number of urea groups is 1. The Morgan fingerprint density at radius 1 is 1.28 bits per heavy atom. The van der Waals surface area contributed by atoms with E-state index in [0.29, 0.717) is 24.9 Å². The van der Waals surface area contributed by atoms with Gasteiger partial charge in [0.2, 0.25) is 0 Å². The molecule has 0 radical (unpaired) electrons. The summed E-state index contributed by atoms with van der Waals surface area (Å²) in [5.74, 6) is 0.311. The van der Waals surface area contributed by atoms with Gasteiger partial charge in [0.25, 0.3) is 0 Å². The number of fused-ring (bicyclic) bond motifs is 1. The molecule has 2 atom stereocenters. The molecule has 25 heavy (non-hydrogen) atoms. The number of rotatable bonds is 6. The van der Waals surface area contributed by atoms with Crippen LogP contribution in [-0.4, -0.2) is 48.8 Å². The van der Waals surface area contributed by atoms with E-state index in [1.54, 1.807) is 14.0 Å². The molecule has 7 heteroatoms. The fraction of sp³-hybridized carbons (Fsp3) is 0.556. The molecule has 3 rings (SSSR count). The number of nitrogens with one attached hydrogen (secondary N) is 1. The second-order valence-electron chi connectivity index (χ2n) is 6.79. The van der Waals surface area contributed by atoms with Crippen LogP contribution in [0, 0.1) is 11.8 Å². The molecular weight excluding hydrogens is 324 g/mol. The number of carboxylic acids is 1. The van der Waals surface area contributed by atoms with E-state index in [2.05, 4.69) is 5.32 Å². The van der Waals surface area contributed by atoms with E-state index in [1.807, 2.05) is 18.2 Å². The van der Waals surface area contributed by atoms with Crippen LogP contribution in [0.4, 0.5) is 4.79 Å². The minimum Gasteiger partial charge on any atom is -0.486 e. The van der Waals surface area contributed by atoms with Crippen LogP contribution in [-0.2, 0) is 4.79 Å². The van der Waals surface area contributed by atoms with Crippen molar-refractivity contribution in [1.82, 2.24) is 10.2 Å². The molecule has 1 fully saturated rings. The van der Waals surface area contributed by atoms with Crippen molar-refractivity contribution in [1.29, 1.82) is 0 Å². The molecule has 1 aromatic carbocycles. The van der Waals surface area contributed by atoms with Gasteiger partial charge in [0.15, 0.2) is 11.5 Å². The topological polar surface area (TPSA) is 88.1 Å². The molecule has 1 aromatic rings. The minimum atomic E-state index is -0.912. The number of carbonyl (C=O) groups is 2. The van der Waals surface area contributed by atoms with Gasteiger partial charge in [-0.25, -0.2) is 4.79 Å². The lowest BCUT2D eigenvalue weighted by atomic mass is 10.0. The molecule has 1 aliphatic heterocycles. The van der Waals surface area contributed by atoms with Crippen LogP contribution in [0.15, 0.2) is 18.2 Å². The second kappa shape index (κ2) is 7.21. The predicted octanol–water partition coefficient (Wildman–Crippen LogP) is 2.27. The highest BCUT2D eigenvalue weighted by Gasteiger charge is 2.35. The molecule has 0 aromatic heterocycles. The summed E-state index contributed by atoms with van der Waals surface area (Å²) in [4.78, 5) is 24.9. The monoisotopic (exact) mass is 348 g/mol. The molecule has 2 unspecified atom stereocenters. The van der Waals surface area contributed by atoms with Crippen LogP contribution in [0.1, 0.15) is 31.4 Å². The number of benzene rings is 1. The minimum absolute atomic E-state index is 0.106. The summed E-state index contributed by atoms with van der Waals surface area (Å²) in [6.45, 7) is 2.82. The van der Waals surface area contributed by atoms with Gasteiger partial charge in [-0.3, -0.25) is 4.79 Å². The van der Waals surface area contributed by atoms with Crippen molar-refractivity contribution >= 4 is 12.0 Å². The van der Waals surface area contributed by atoms with Crippen molar-refractivity contribution in [3.05, 3.63) is 23.8 Å². The Kier molecular flexibility index (Phi) is 5.01. The third-order valence-corrected chi connectivity index (χ3v) is 4.61. The van der Waals surface area contributed by atoms with Crippen LogP contribution in [0.5, 0.6) is 11.5 Å². The van der Waals surface area contributed by atoms with E-state index in [0.717, 1.165) is 24.2 Å². The summed E-state index contributed by atoms with van der Waals surface area (Å²) >= 11 is 0. The number of ether oxygens (including phenoxy) is 2. The van der Waals surface area contributed by atoms with Crippen LogP contribution in [0.2, 0.25) is 0 Å². The zero-order valence-electron chi connectivity index (χ0n) is 14.5. The fourth-order valence-corrected chi connectivity index (χ4v) is 2.97. The molecule has 0 bridgehead atoms. The zero-order valence-corrected chi connectivity index (χ0v) is 14.5. The van der Waals surface area contributed by atoms with Crippen LogP contribution < -0.4 is 14.8 Å². The van der Waals surface area contributed by atoms with Gasteiger partial charge in [-0.15, -0.1) is 0 Å². The molecule has 1 aliphatic carbocycles. The lowest BCUT2D eigenvalue weighted by Gasteiger charge is -2.26. The second-order valence-corrected chi connectivity index (χ2v) is 6.79. The van der Waals surface area contributed by atoms with Gasteiger partial charge in [0.05, 0.1) is 12.0 Å². The molecule has 0 saturated heterocycles. The van der Waals surface area contributed by atoms with Gasteiger partial charge in [0.1, 0.15) is 13.2 Å². The summed E-state index contributed by atoms with van der Waals surface area (Å²) in [5, 5.41) is 12.0. The van der Waals surface area contributed by atoms with E-state index in [9.17, 15) is 9.59 Å². The first-order valence-corrected chi connectivity index (χ1v) is 8.59. The van der Waals surface area contributed by atoms with E-state index < -0.39 is 11.9 Å². The van der Waals surface area contributed by atoms with Crippen molar-refractivity contribution in [3.8, 4) is 11.5 Å². The summed E-state index contributed by atoms with van der Waals surface area (Å²) in [6, 6.07) is 5.39. The molecule has 1 heterocycles. The number of hydrogen-bond donors (Lipinski definition) is 2. The third-order valence-electron chi connectivity index (χ3n) is 4.61. The first-order chi connectivity index (χ1) is 12.0. The van der Waals surface area contributed by atoms with Crippen molar-refractivity contribution in [2.75, 3.05) is 26.8 Å². The van der Waals surface area contributed by atoms with Gasteiger partial charge in [0, 0.05) is 13.6 Å². The smallest absolute Gasteiger partial charge is 0.317 e. The highest BCUT2D eigenvalue weighted by atomic mass is 16.6. The highest BCUT2D eigenvalue weighted by molar-refractivity contribution is 5.76. The first-order valence-electron chi connectivity index (χ1n) is 8.59. The average Bonchev–Trinajstić information content (AvgIpc) is 3.43. The molecule has 7 nitrogen and oxygen atoms in total. The molecule has 2 amide bonds. The average molecular weight is 348 g/mol. The Morgan fingerprint density at radius 2 is 1.96 bits per heavy atom. The number of amides is 2. The predicted molar refractivity (Wildman–Crippen MR) is 90.9 cm³/mol. The van der Waals surface area contributed by atoms with Gasteiger partial charge in [-0.2, -0.15) is 0 Å². The van der Waals surface area contributed by atoms with Crippen molar-refractivity contribution < 1.29 is 24.2 Å². The zero-order chi connectivity index (χ0) is 18.0. The maximum absolute atomic E-state index is 12.5. The lowest BCUT2D eigenvalue weighted by molar-refractivity contribution is -0.141. The summed E-state index contributed by atoms with van der Waals surface area (Å²) in [5.41, 5.74) is 0.986. The molecule has 0 spiro atoms. The highest BCUT2D eigenvalue weighted by Crippen LogP contribution is 2.43. The lowest BCUT2D eigenvalue weighted by Crippen LogP contribution is -2.42. The number of carboxylic acid groups (broad SMARTS) is 1. The van der Waals surface area contributed by atoms with Crippen LogP contribution in [0.25, 0.3) is 0 Å². The van der Waals surface area contributed by atoms with E-state index >= 15 is 0 Å². The van der Waals surface area contributed by atoms with Crippen molar-refractivity contribution in [2.45, 2.75) is 25.8 Å². The Morgan fingerprint density at radius 3 is 2.60 bits per heavy atom. The van der Waals surface area contributed by atoms with Crippen molar-refractivity contribution in [3.63, 3.8) is 0 Å². The largest absolute Gasteiger partial charge is 0.486 e. The Bertz CT molecular complexity index is 659. The number of hydrogen-bond acceptors (Lipinski definition) is 4. The molecule has 2 aliphatic rings. The summed E-state index contributed by atoms with van der Waals surface area (Å²) in [7, 11) is 1.61. The Labute approximate surface area is 146 Å². The van der Waals surface area contributed by atoms with E-state index in [4.69, 9.17) is 14.6 Å². The van der Waals surface area contributed by atoms with Gasteiger partial charge in [-0.05, 0) is 36.5 Å². The summed E-state index contributed by atoms with van der Waals surface area (Å²) in [6.07, 6.45) is 2.13. The maximum Gasteiger partial charge on any atom is 0.317 e.